The van der Waals surface area contributed by atoms with E-state index in [0.717, 1.165) is 37.6 Å². The zero-order valence-corrected chi connectivity index (χ0v) is 13.6. The Bertz CT molecular complexity index is 1210. The van der Waals surface area contributed by atoms with E-state index in [2.05, 4.69) is 38.2 Å². The zero-order valence-electron chi connectivity index (χ0n) is 12.0. The van der Waals surface area contributed by atoms with Gasteiger partial charge in [0.2, 0.25) is 0 Å². The highest BCUT2D eigenvalue weighted by Crippen LogP contribution is 2.31. The van der Waals surface area contributed by atoms with Gasteiger partial charge >= 0.3 is 0 Å². The molecule has 3 aromatic heterocycles. The van der Waals surface area contributed by atoms with E-state index in [1.807, 2.05) is 25.1 Å². The number of halogens is 1. The Morgan fingerprint density at radius 2 is 1.74 bits per heavy atom. The van der Waals surface area contributed by atoms with Gasteiger partial charge in [0.05, 0.1) is 33.4 Å². The Balaban J connectivity index is 2.37. The molecule has 0 saturated heterocycles. The molecule has 0 radical (unpaired) electrons. The fourth-order valence-corrected chi connectivity index (χ4v) is 3.17. The molecule has 0 atom stereocenters. The van der Waals surface area contributed by atoms with Gasteiger partial charge in [-0.3, -0.25) is 0 Å². The van der Waals surface area contributed by atoms with Gasteiger partial charge in [0.1, 0.15) is 16.7 Å². The molecule has 108 valence electrons. The maximum atomic E-state index is 9.30. The van der Waals surface area contributed by atoms with Crippen LogP contribution in [-0.4, -0.2) is 14.6 Å². The summed E-state index contributed by atoms with van der Waals surface area (Å²) in [6.07, 6.45) is 0. The number of aryl methyl sites for hydroxylation is 1. The van der Waals surface area contributed by atoms with Crippen molar-refractivity contribution < 1.29 is 0 Å². The molecule has 6 heteroatoms. The maximum Gasteiger partial charge on any atom is 0.106 e. The van der Waals surface area contributed by atoms with Gasteiger partial charge in [-0.15, -0.1) is 0 Å². The Morgan fingerprint density at radius 3 is 2.48 bits per heavy atom. The number of nitriles is 2. The van der Waals surface area contributed by atoms with Gasteiger partial charge in [-0.25, -0.2) is 9.50 Å². The van der Waals surface area contributed by atoms with Crippen LogP contribution >= 0.6 is 15.9 Å². The topological polar surface area (TPSA) is 77.8 Å². The summed E-state index contributed by atoms with van der Waals surface area (Å²) in [4.78, 5) is 4.57. The summed E-state index contributed by atoms with van der Waals surface area (Å²) in [6, 6.07) is 13.4. The number of aromatic nitrogens is 3. The van der Waals surface area contributed by atoms with Gasteiger partial charge in [0.25, 0.3) is 0 Å². The van der Waals surface area contributed by atoms with Crippen molar-refractivity contribution in [3.05, 3.63) is 51.8 Å². The van der Waals surface area contributed by atoms with Crippen LogP contribution in [0.4, 0.5) is 0 Å². The molecule has 23 heavy (non-hydrogen) atoms. The number of hydrogen-bond acceptors (Lipinski definition) is 4. The van der Waals surface area contributed by atoms with Gasteiger partial charge in [0.15, 0.2) is 0 Å². The van der Waals surface area contributed by atoms with Crippen LogP contribution in [0.15, 0.2) is 34.9 Å². The second-order valence-corrected chi connectivity index (χ2v) is 6.06. The minimum Gasteiger partial charge on any atom is -0.239 e. The quantitative estimate of drug-likeness (QED) is 0.352. The molecule has 0 spiro atoms. The van der Waals surface area contributed by atoms with Crippen LogP contribution in [-0.2, 0) is 0 Å². The summed E-state index contributed by atoms with van der Waals surface area (Å²) in [6.45, 7) is 1.91. The third kappa shape index (κ3) is 1.89. The predicted molar refractivity (Wildman–Crippen MR) is 89.9 cm³/mol. The lowest BCUT2D eigenvalue weighted by atomic mass is 10.0. The third-order valence-electron chi connectivity index (χ3n) is 3.83. The number of benzene rings is 1. The Morgan fingerprint density at radius 1 is 1.00 bits per heavy atom. The Hall–Kier alpha value is -2.96. The van der Waals surface area contributed by atoms with Crippen molar-refractivity contribution in [1.29, 1.82) is 10.5 Å². The number of hydrogen-bond donors (Lipinski definition) is 0. The normalized spacial score (nSPS) is 11.0. The van der Waals surface area contributed by atoms with Crippen LogP contribution in [0.25, 0.3) is 27.3 Å². The molecule has 0 amide bonds. The second kappa shape index (κ2) is 4.77. The van der Waals surface area contributed by atoms with E-state index in [1.165, 1.54) is 0 Å². The third-order valence-corrected chi connectivity index (χ3v) is 4.27. The first-order chi connectivity index (χ1) is 11.1. The predicted octanol–water partition coefficient (Wildman–Crippen LogP) is 3.85. The lowest BCUT2D eigenvalue weighted by Crippen LogP contribution is -1.97. The van der Waals surface area contributed by atoms with E-state index in [0.29, 0.717) is 11.1 Å². The van der Waals surface area contributed by atoms with Crippen LogP contribution in [0.5, 0.6) is 0 Å². The van der Waals surface area contributed by atoms with Gasteiger partial charge in [-0.1, -0.05) is 0 Å². The SMILES string of the molecule is Cc1cc2c3nc(Br)ccc3c3cc(C#N)c(C#N)cc3n2n1. The number of rotatable bonds is 0. The molecule has 4 rings (SSSR count). The maximum absolute atomic E-state index is 9.30. The Kier molecular flexibility index (Phi) is 2.84. The van der Waals surface area contributed by atoms with Crippen molar-refractivity contribution in [3.63, 3.8) is 0 Å². The molecule has 3 heterocycles. The first-order valence-corrected chi connectivity index (χ1v) is 7.64. The molecule has 0 bridgehead atoms. The van der Waals surface area contributed by atoms with Gasteiger partial charge in [-0.2, -0.15) is 15.6 Å². The average molecular weight is 362 g/mol. The molecule has 0 aliphatic heterocycles. The van der Waals surface area contributed by atoms with Gasteiger partial charge < -0.3 is 0 Å². The number of fused-ring (bicyclic) bond motifs is 6. The van der Waals surface area contributed by atoms with E-state index < -0.39 is 0 Å². The van der Waals surface area contributed by atoms with E-state index in [1.54, 1.807) is 16.6 Å². The summed E-state index contributed by atoms with van der Waals surface area (Å²) in [5.41, 5.74) is 4.04. The monoisotopic (exact) mass is 361 g/mol. The van der Waals surface area contributed by atoms with Crippen LogP contribution < -0.4 is 0 Å². The molecule has 0 N–H and O–H groups in total. The number of nitrogens with zero attached hydrogens (tertiary/aromatic N) is 5. The summed E-state index contributed by atoms with van der Waals surface area (Å²) in [5.74, 6) is 0. The fraction of sp³-hybridized carbons (Fsp3) is 0.0588. The molecule has 4 aromatic rings. The molecule has 0 unspecified atom stereocenters. The Labute approximate surface area is 139 Å². The van der Waals surface area contributed by atoms with Crippen LogP contribution in [0.3, 0.4) is 0 Å². The van der Waals surface area contributed by atoms with Crippen molar-refractivity contribution in [3.8, 4) is 12.1 Å². The summed E-state index contributed by atoms with van der Waals surface area (Å²) in [7, 11) is 0. The van der Waals surface area contributed by atoms with Crippen molar-refractivity contribution in [2.45, 2.75) is 6.92 Å². The molecule has 0 aliphatic rings. The first-order valence-electron chi connectivity index (χ1n) is 6.85. The summed E-state index contributed by atoms with van der Waals surface area (Å²) < 4.78 is 2.52. The minimum atomic E-state index is 0.346. The molecular formula is C17H8BrN5. The van der Waals surface area contributed by atoms with Crippen molar-refractivity contribution in [2.24, 2.45) is 0 Å². The molecule has 0 saturated carbocycles. The zero-order chi connectivity index (χ0) is 16.1. The average Bonchev–Trinajstić information content (AvgIpc) is 2.95. The van der Waals surface area contributed by atoms with Gasteiger partial charge in [0, 0.05) is 10.8 Å². The standard InChI is InChI=1S/C17H8BrN5/c1-9-4-15-17-12(2-3-16(18)21-17)13-5-10(7-19)11(8-20)6-14(13)23(15)22-9/h2-6H,1H3. The van der Waals surface area contributed by atoms with Crippen LogP contribution in [0.2, 0.25) is 0 Å². The smallest absolute Gasteiger partial charge is 0.106 e. The molecule has 0 fully saturated rings. The van der Waals surface area contributed by atoms with E-state index in [-0.39, 0.29) is 0 Å². The minimum absolute atomic E-state index is 0.346. The molecule has 1 aromatic carbocycles. The molecule has 0 aliphatic carbocycles. The molecule has 5 nitrogen and oxygen atoms in total. The first kappa shape index (κ1) is 13.7. The van der Waals surface area contributed by atoms with Crippen molar-refractivity contribution in [1.82, 2.24) is 14.6 Å². The van der Waals surface area contributed by atoms with E-state index >= 15 is 0 Å². The van der Waals surface area contributed by atoms with E-state index in [9.17, 15) is 10.5 Å². The summed E-state index contributed by atoms with van der Waals surface area (Å²) in [5, 5.41) is 24.9. The number of pyridine rings is 2. The highest BCUT2D eigenvalue weighted by Gasteiger charge is 2.15. The lowest BCUT2D eigenvalue weighted by molar-refractivity contribution is 0.973. The highest BCUT2D eigenvalue weighted by atomic mass is 79.9. The van der Waals surface area contributed by atoms with Crippen LogP contribution in [0, 0.1) is 29.6 Å². The van der Waals surface area contributed by atoms with Crippen molar-refractivity contribution in [2.75, 3.05) is 0 Å². The fourth-order valence-electron chi connectivity index (χ4n) is 2.86. The molecular weight excluding hydrogens is 354 g/mol. The highest BCUT2D eigenvalue weighted by molar-refractivity contribution is 9.10. The van der Waals surface area contributed by atoms with Crippen molar-refractivity contribution >= 4 is 43.3 Å². The van der Waals surface area contributed by atoms with Crippen LogP contribution in [0.1, 0.15) is 16.8 Å². The lowest BCUT2D eigenvalue weighted by Gasteiger charge is -2.09. The van der Waals surface area contributed by atoms with E-state index in [4.69, 9.17) is 0 Å². The largest absolute Gasteiger partial charge is 0.239 e. The summed E-state index contributed by atoms with van der Waals surface area (Å²) >= 11 is 3.40. The van der Waals surface area contributed by atoms with Gasteiger partial charge in [-0.05, 0) is 53.2 Å². The second-order valence-electron chi connectivity index (χ2n) is 5.25.